The average Bonchev–Trinajstić information content (AvgIpc) is 2.79. The first-order valence-corrected chi connectivity index (χ1v) is 10.8. The number of carbonyl (C=O) groups excluding carboxylic acids is 2. The highest BCUT2D eigenvalue weighted by Gasteiger charge is 2.22. The summed E-state index contributed by atoms with van der Waals surface area (Å²) in [7, 11) is 0. The molecule has 1 aliphatic rings. The van der Waals surface area contributed by atoms with Crippen LogP contribution in [0, 0.1) is 5.92 Å². The topological polar surface area (TPSA) is 52.6 Å². The molecular weight excluding hydrogens is 376 g/mol. The highest BCUT2D eigenvalue weighted by atomic mass is 16.5. The van der Waals surface area contributed by atoms with Crippen molar-refractivity contribution in [2.24, 2.45) is 5.92 Å². The van der Waals surface area contributed by atoms with Gasteiger partial charge in [-0.1, -0.05) is 50.6 Å². The van der Waals surface area contributed by atoms with Crippen molar-refractivity contribution in [2.75, 3.05) is 0 Å². The molecule has 0 saturated heterocycles. The van der Waals surface area contributed by atoms with Gasteiger partial charge in [-0.05, 0) is 72.9 Å². The van der Waals surface area contributed by atoms with Gasteiger partial charge in [-0.15, -0.1) is 0 Å². The van der Waals surface area contributed by atoms with E-state index in [9.17, 15) is 9.59 Å². The van der Waals surface area contributed by atoms with Crippen LogP contribution in [0.4, 0.5) is 0 Å². The highest BCUT2D eigenvalue weighted by Crippen LogP contribution is 2.37. The maximum Gasteiger partial charge on any atom is 0.343 e. The molecule has 0 unspecified atom stereocenters. The van der Waals surface area contributed by atoms with Gasteiger partial charge >= 0.3 is 11.9 Å². The summed E-state index contributed by atoms with van der Waals surface area (Å²) < 4.78 is 10.4. The third kappa shape index (κ3) is 6.06. The number of hydrogen-bond acceptors (Lipinski definition) is 4. The van der Waals surface area contributed by atoms with Gasteiger partial charge in [-0.3, -0.25) is 0 Å². The van der Waals surface area contributed by atoms with Crippen LogP contribution in [0.5, 0.6) is 5.75 Å². The van der Waals surface area contributed by atoms with E-state index >= 15 is 0 Å². The van der Waals surface area contributed by atoms with Crippen molar-refractivity contribution in [3.63, 3.8) is 0 Å². The van der Waals surface area contributed by atoms with Crippen molar-refractivity contribution in [2.45, 2.75) is 58.0 Å². The van der Waals surface area contributed by atoms with Crippen LogP contribution in [0.1, 0.15) is 72.9 Å². The predicted molar refractivity (Wildman–Crippen MR) is 117 cm³/mol. The number of hydrogen-bond donors (Lipinski definition) is 0. The summed E-state index contributed by atoms with van der Waals surface area (Å²) in [5.41, 5.74) is 2.67. The van der Waals surface area contributed by atoms with E-state index in [0.29, 0.717) is 17.2 Å². The van der Waals surface area contributed by atoms with Crippen molar-refractivity contribution in [1.29, 1.82) is 0 Å². The van der Waals surface area contributed by atoms with E-state index in [1.807, 2.05) is 12.1 Å². The van der Waals surface area contributed by atoms with E-state index < -0.39 is 5.97 Å². The van der Waals surface area contributed by atoms with Crippen LogP contribution in [0.25, 0.3) is 0 Å². The van der Waals surface area contributed by atoms with Gasteiger partial charge in [0.2, 0.25) is 0 Å². The van der Waals surface area contributed by atoms with Crippen LogP contribution >= 0.6 is 0 Å². The Morgan fingerprint density at radius 2 is 1.67 bits per heavy atom. The average molecular weight is 407 g/mol. The van der Waals surface area contributed by atoms with E-state index in [1.54, 1.807) is 24.3 Å². The molecule has 158 valence electrons. The van der Waals surface area contributed by atoms with Gasteiger partial charge < -0.3 is 9.47 Å². The molecule has 2 aromatic carbocycles. The number of ether oxygens (including phenoxy) is 2. The Kier molecular flexibility index (Phi) is 7.83. The quantitative estimate of drug-likeness (QED) is 0.297. The lowest BCUT2D eigenvalue weighted by Crippen LogP contribution is -2.13. The summed E-state index contributed by atoms with van der Waals surface area (Å²) in [5, 5.41) is 0. The van der Waals surface area contributed by atoms with E-state index in [2.05, 4.69) is 25.6 Å². The van der Waals surface area contributed by atoms with Crippen molar-refractivity contribution >= 4 is 11.9 Å². The minimum absolute atomic E-state index is 0.154. The fourth-order valence-corrected chi connectivity index (χ4v) is 4.12. The Hall–Kier alpha value is -2.88. The molecule has 0 N–H and O–H groups in total. The lowest BCUT2D eigenvalue weighted by atomic mass is 9.77. The number of rotatable bonds is 8. The zero-order valence-electron chi connectivity index (χ0n) is 17.6. The van der Waals surface area contributed by atoms with E-state index in [-0.39, 0.29) is 12.6 Å². The Morgan fingerprint density at radius 1 is 1.00 bits per heavy atom. The second kappa shape index (κ2) is 10.8. The van der Waals surface area contributed by atoms with Gasteiger partial charge in [-0.2, -0.15) is 0 Å². The molecule has 3 rings (SSSR count). The zero-order valence-corrected chi connectivity index (χ0v) is 17.6. The molecular formula is C26H30O4. The number of benzene rings is 2. The summed E-state index contributed by atoms with van der Waals surface area (Å²) >= 11 is 0. The van der Waals surface area contributed by atoms with Gasteiger partial charge in [0.15, 0.2) is 0 Å². The Bertz CT molecular complexity index is 844. The maximum absolute atomic E-state index is 12.5. The molecule has 0 atom stereocenters. The third-order valence-electron chi connectivity index (χ3n) is 5.84. The highest BCUT2D eigenvalue weighted by molar-refractivity contribution is 5.91. The van der Waals surface area contributed by atoms with E-state index in [4.69, 9.17) is 9.47 Å². The first-order valence-electron chi connectivity index (χ1n) is 10.8. The fourth-order valence-electron chi connectivity index (χ4n) is 4.12. The van der Waals surface area contributed by atoms with E-state index in [0.717, 1.165) is 17.6 Å². The maximum atomic E-state index is 12.5. The second-order valence-electron chi connectivity index (χ2n) is 7.97. The third-order valence-corrected chi connectivity index (χ3v) is 5.84. The molecule has 2 aromatic rings. The normalized spacial score (nSPS) is 18.4. The predicted octanol–water partition coefficient (Wildman–Crippen LogP) is 6.21. The molecule has 0 heterocycles. The van der Waals surface area contributed by atoms with Crippen LogP contribution < -0.4 is 4.74 Å². The summed E-state index contributed by atoms with van der Waals surface area (Å²) in [6.45, 7) is 5.77. The van der Waals surface area contributed by atoms with Gasteiger partial charge in [0.25, 0.3) is 0 Å². The molecule has 4 heteroatoms. The molecule has 1 aliphatic carbocycles. The number of esters is 2. The van der Waals surface area contributed by atoms with E-state index in [1.165, 1.54) is 44.1 Å². The van der Waals surface area contributed by atoms with Crippen LogP contribution in [0.3, 0.4) is 0 Å². The zero-order chi connectivity index (χ0) is 21.3. The molecule has 1 fully saturated rings. The van der Waals surface area contributed by atoms with Crippen LogP contribution in [0.15, 0.2) is 61.2 Å². The summed E-state index contributed by atoms with van der Waals surface area (Å²) in [5.74, 6) is 1.10. The molecule has 0 spiro atoms. The molecule has 0 bridgehead atoms. The van der Waals surface area contributed by atoms with Crippen molar-refractivity contribution in [3.05, 3.63) is 77.9 Å². The Morgan fingerprint density at radius 3 is 2.27 bits per heavy atom. The molecule has 0 aliphatic heterocycles. The first kappa shape index (κ1) is 21.8. The summed E-state index contributed by atoms with van der Waals surface area (Å²) in [6, 6.07) is 14.8. The SMILES string of the molecule is C=CC(=O)OCc1ccc(OC(=O)c2ccc(C3CCC(CCC)CC3)cc2)cc1. The van der Waals surface area contributed by atoms with Gasteiger partial charge in [0, 0.05) is 6.08 Å². The molecule has 30 heavy (non-hydrogen) atoms. The largest absolute Gasteiger partial charge is 0.458 e. The minimum Gasteiger partial charge on any atom is -0.458 e. The van der Waals surface area contributed by atoms with Crippen LogP contribution in [-0.2, 0) is 16.1 Å². The molecule has 0 radical (unpaired) electrons. The summed E-state index contributed by atoms with van der Waals surface area (Å²) in [4.78, 5) is 23.6. The van der Waals surface area contributed by atoms with Gasteiger partial charge in [-0.25, -0.2) is 9.59 Å². The van der Waals surface area contributed by atoms with Crippen LogP contribution in [0.2, 0.25) is 0 Å². The molecule has 1 saturated carbocycles. The molecule has 0 aromatic heterocycles. The Labute approximate surface area is 178 Å². The second-order valence-corrected chi connectivity index (χ2v) is 7.97. The van der Waals surface area contributed by atoms with Crippen LogP contribution in [-0.4, -0.2) is 11.9 Å². The van der Waals surface area contributed by atoms with Crippen molar-refractivity contribution in [1.82, 2.24) is 0 Å². The minimum atomic E-state index is -0.469. The molecule has 4 nitrogen and oxygen atoms in total. The van der Waals surface area contributed by atoms with Gasteiger partial charge in [0.1, 0.15) is 12.4 Å². The standard InChI is InChI=1S/C26H30O4/c1-3-5-19-6-10-21(11-7-19)22-12-14-23(15-13-22)26(28)30-24-16-8-20(9-17-24)18-29-25(27)4-2/h4,8-9,12-17,19,21H,2-3,5-7,10-11,18H2,1H3. The lowest BCUT2D eigenvalue weighted by molar-refractivity contribution is -0.138. The van der Waals surface area contributed by atoms with Gasteiger partial charge in [0.05, 0.1) is 5.56 Å². The molecule has 0 amide bonds. The Balaban J connectivity index is 1.52. The smallest absolute Gasteiger partial charge is 0.343 e. The van der Waals surface area contributed by atoms with Crippen molar-refractivity contribution in [3.8, 4) is 5.75 Å². The van der Waals surface area contributed by atoms with Crippen molar-refractivity contribution < 1.29 is 19.1 Å². The fraction of sp³-hybridized carbons (Fsp3) is 0.385. The monoisotopic (exact) mass is 406 g/mol. The lowest BCUT2D eigenvalue weighted by Gasteiger charge is -2.28. The first-order chi connectivity index (χ1) is 14.6. The number of carbonyl (C=O) groups is 2. The summed E-state index contributed by atoms with van der Waals surface area (Å²) in [6.07, 6.45) is 8.84.